The van der Waals surface area contributed by atoms with Gasteiger partial charge in [-0.15, -0.1) is 0 Å². The lowest BCUT2D eigenvalue weighted by atomic mass is 10.3. The van der Waals surface area contributed by atoms with E-state index in [1.165, 1.54) is 0 Å². The van der Waals surface area contributed by atoms with E-state index in [0.29, 0.717) is 0 Å². The van der Waals surface area contributed by atoms with Crippen molar-refractivity contribution in [3.05, 3.63) is 0 Å². The number of carbonyl (C=O) groups is 4. The number of hydrogen-bond donors (Lipinski definition) is 2. The Kier molecular flexibility index (Phi) is 3.69. The summed E-state index contributed by atoms with van der Waals surface area (Å²) in [5.74, 6) is -2.98. The Balaban J connectivity index is 0.000000160. The van der Waals surface area contributed by atoms with Gasteiger partial charge in [-0.3, -0.25) is 9.59 Å². The minimum absolute atomic E-state index is 0.196. The van der Waals surface area contributed by atoms with E-state index in [0.717, 1.165) is 0 Å². The van der Waals surface area contributed by atoms with Crippen molar-refractivity contribution >= 4 is 23.9 Å². The van der Waals surface area contributed by atoms with Crippen LogP contribution in [0.3, 0.4) is 0 Å². The van der Waals surface area contributed by atoms with Crippen molar-refractivity contribution in [2.75, 3.05) is 0 Å². The maximum atomic E-state index is 10.1. The van der Waals surface area contributed by atoms with Crippen molar-refractivity contribution in [1.82, 2.24) is 0 Å². The van der Waals surface area contributed by atoms with Crippen LogP contribution in [0.2, 0.25) is 0 Å². The number of aliphatic hydroxyl groups excluding tert-OH is 2. The third kappa shape index (κ3) is 3.11. The van der Waals surface area contributed by atoms with E-state index in [4.69, 9.17) is 10.2 Å². The maximum Gasteiger partial charge on any atom is 0.343 e. The number of esters is 4. The first-order chi connectivity index (χ1) is 7.40. The highest BCUT2D eigenvalue weighted by molar-refractivity contribution is 5.96. The monoisotopic (exact) mass is 232 g/mol. The molecule has 2 unspecified atom stereocenters. The van der Waals surface area contributed by atoms with Gasteiger partial charge in [0.1, 0.15) is 0 Å². The zero-order valence-corrected chi connectivity index (χ0v) is 7.91. The van der Waals surface area contributed by atoms with E-state index in [9.17, 15) is 19.2 Å². The number of ether oxygens (including phenoxy) is 2. The molecule has 8 heteroatoms. The number of aliphatic hydroxyl groups is 2. The lowest BCUT2D eigenvalue weighted by molar-refractivity contribution is -0.156. The molecule has 0 spiro atoms. The zero-order chi connectivity index (χ0) is 12.3. The van der Waals surface area contributed by atoms with Crippen LogP contribution in [0.4, 0.5) is 0 Å². The number of rotatable bonds is 0. The van der Waals surface area contributed by atoms with Gasteiger partial charge in [0, 0.05) is 0 Å². The molecule has 0 aromatic heterocycles. The van der Waals surface area contributed by atoms with E-state index in [1.807, 2.05) is 0 Å². The molecule has 0 aliphatic carbocycles. The minimum Gasteiger partial charge on any atom is -0.391 e. The van der Waals surface area contributed by atoms with Gasteiger partial charge in [0.15, 0.2) is 12.2 Å². The Bertz CT molecular complexity index is 312. The highest BCUT2D eigenvalue weighted by Crippen LogP contribution is 2.06. The second kappa shape index (κ2) is 4.81. The van der Waals surface area contributed by atoms with Crippen LogP contribution in [0.25, 0.3) is 0 Å². The van der Waals surface area contributed by atoms with E-state index in [1.54, 1.807) is 0 Å². The van der Waals surface area contributed by atoms with Gasteiger partial charge in [0.2, 0.25) is 0 Å². The highest BCUT2D eigenvalue weighted by atomic mass is 16.6. The molecule has 2 rings (SSSR count). The third-order valence-corrected chi connectivity index (χ3v) is 1.69. The SMILES string of the molecule is O=C1CC(O)C(=O)O1.O=C1CC(O)C(=O)O1. The van der Waals surface area contributed by atoms with E-state index < -0.39 is 36.1 Å². The average molecular weight is 232 g/mol. The summed E-state index contributed by atoms with van der Waals surface area (Å²) in [5, 5.41) is 16.9. The van der Waals surface area contributed by atoms with Crippen molar-refractivity contribution in [3.63, 3.8) is 0 Å². The van der Waals surface area contributed by atoms with E-state index in [-0.39, 0.29) is 12.8 Å². The van der Waals surface area contributed by atoms with Crippen LogP contribution in [-0.2, 0) is 28.7 Å². The molecular formula is C8H8O8. The van der Waals surface area contributed by atoms with E-state index >= 15 is 0 Å². The van der Waals surface area contributed by atoms with Crippen LogP contribution < -0.4 is 0 Å². The second-order valence-electron chi connectivity index (χ2n) is 3.03. The van der Waals surface area contributed by atoms with Gasteiger partial charge in [0.25, 0.3) is 0 Å². The molecular weight excluding hydrogens is 224 g/mol. The smallest absolute Gasteiger partial charge is 0.343 e. The molecule has 2 aliphatic rings. The van der Waals surface area contributed by atoms with Crippen molar-refractivity contribution in [3.8, 4) is 0 Å². The molecule has 8 nitrogen and oxygen atoms in total. The molecule has 0 bridgehead atoms. The molecule has 0 radical (unpaired) electrons. The summed E-state index contributed by atoms with van der Waals surface area (Å²) < 4.78 is 7.89. The molecule has 0 aromatic rings. The summed E-state index contributed by atoms with van der Waals surface area (Å²) >= 11 is 0. The first-order valence-corrected chi connectivity index (χ1v) is 4.25. The van der Waals surface area contributed by atoms with Gasteiger partial charge in [-0.1, -0.05) is 0 Å². The molecule has 2 aliphatic heterocycles. The largest absolute Gasteiger partial charge is 0.391 e. The molecule has 2 heterocycles. The topological polar surface area (TPSA) is 127 Å². The molecule has 88 valence electrons. The normalized spacial score (nSPS) is 28.4. The first-order valence-electron chi connectivity index (χ1n) is 4.25. The van der Waals surface area contributed by atoms with Crippen LogP contribution in [0.5, 0.6) is 0 Å². The quantitative estimate of drug-likeness (QED) is 0.350. The summed E-state index contributed by atoms with van der Waals surface area (Å²) in [4.78, 5) is 40.3. The Morgan fingerprint density at radius 1 is 0.812 bits per heavy atom. The Hall–Kier alpha value is -1.80. The molecule has 0 saturated carbocycles. The summed E-state index contributed by atoms with van der Waals surface area (Å²) in [5.41, 5.74) is 0. The minimum atomic E-state index is -1.22. The van der Waals surface area contributed by atoms with E-state index in [2.05, 4.69) is 9.47 Å². The number of cyclic esters (lactones) is 4. The molecule has 0 aromatic carbocycles. The first kappa shape index (κ1) is 12.3. The molecule has 0 amide bonds. The molecule has 2 fully saturated rings. The molecule has 2 saturated heterocycles. The van der Waals surface area contributed by atoms with Gasteiger partial charge in [0.05, 0.1) is 12.8 Å². The fourth-order valence-electron chi connectivity index (χ4n) is 0.926. The van der Waals surface area contributed by atoms with Crippen LogP contribution in [0.15, 0.2) is 0 Å². The predicted molar refractivity (Wildman–Crippen MR) is 43.4 cm³/mol. The van der Waals surface area contributed by atoms with Gasteiger partial charge in [-0.05, 0) is 0 Å². The zero-order valence-electron chi connectivity index (χ0n) is 7.91. The summed E-state index contributed by atoms with van der Waals surface area (Å²) in [6.07, 6.45) is -2.83. The van der Waals surface area contributed by atoms with Crippen molar-refractivity contribution < 1.29 is 38.9 Å². The Morgan fingerprint density at radius 2 is 1.12 bits per heavy atom. The standard InChI is InChI=1S/2C4H4O4/c2*5-2-1-3(6)8-4(2)7/h2*2,5H,1H2. The predicted octanol–water partition coefficient (Wildman–Crippen LogP) is -2.36. The van der Waals surface area contributed by atoms with Crippen LogP contribution in [0.1, 0.15) is 12.8 Å². The summed E-state index contributed by atoms with van der Waals surface area (Å²) in [6.45, 7) is 0. The Labute approximate surface area is 88.7 Å². The molecule has 2 N–H and O–H groups in total. The number of hydrogen-bond acceptors (Lipinski definition) is 8. The van der Waals surface area contributed by atoms with Gasteiger partial charge in [-0.2, -0.15) is 0 Å². The summed E-state index contributed by atoms with van der Waals surface area (Å²) in [7, 11) is 0. The van der Waals surface area contributed by atoms with Crippen LogP contribution >= 0.6 is 0 Å². The molecule has 16 heavy (non-hydrogen) atoms. The second-order valence-corrected chi connectivity index (χ2v) is 3.03. The van der Waals surface area contributed by atoms with Crippen molar-refractivity contribution in [2.24, 2.45) is 0 Å². The van der Waals surface area contributed by atoms with Gasteiger partial charge < -0.3 is 19.7 Å². The average Bonchev–Trinajstić information content (AvgIpc) is 2.58. The van der Waals surface area contributed by atoms with Crippen LogP contribution in [0, 0.1) is 0 Å². The van der Waals surface area contributed by atoms with Crippen LogP contribution in [-0.4, -0.2) is 46.3 Å². The fraction of sp³-hybridized carbons (Fsp3) is 0.500. The summed E-state index contributed by atoms with van der Waals surface area (Å²) in [6, 6.07) is 0. The Morgan fingerprint density at radius 3 is 1.19 bits per heavy atom. The highest BCUT2D eigenvalue weighted by Gasteiger charge is 2.31. The fourth-order valence-corrected chi connectivity index (χ4v) is 0.926. The van der Waals surface area contributed by atoms with Crippen molar-refractivity contribution in [2.45, 2.75) is 25.0 Å². The van der Waals surface area contributed by atoms with Gasteiger partial charge >= 0.3 is 23.9 Å². The number of carbonyl (C=O) groups excluding carboxylic acids is 4. The lowest BCUT2D eigenvalue weighted by Gasteiger charge is -1.86. The van der Waals surface area contributed by atoms with Crippen molar-refractivity contribution in [1.29, 1.82) is 0 Å². The third-order valence-electron chi connectivity index (χ3n) is 1.69. The lowest BCUT2D eigenvalue weighted by Crippen LogP contribution is -2.11. The maximum absolute atomic E-state index is 10.1. The molecule has 2 atom stereocenters. The van der Waals surface area contributed by atoms with Gasteiger partial charge in [-0.25, -0.2) is 9.59 Å².